The van der Waals surface area contributed by atoms with Crippen molar-refractivity contribution in [1.29, 1.82) is 0 Å². The number of hydrogen-bond donors (Lipinski definition) is 1. The Labute approximate surface area is 159 Å². The third kappa shape index (κ3) is 3.45. The molecule has 0 saturated carbocycles. The van der Waals surface area contributed by atoms with E-state index in [4.69, 9.17) is 4.74 Å². The van der Waals surface area contributed by atoms with E-state index >= 15 is 0 Å². The zero-order valence-corrected chi connectivity index (χ0v) is 15.4. The molecule has 0 unspecified atom stereocenters. The van der Waals surface area contributed by atoms with Crippen LogP contribution in [0.3, 0.4) is 0 Å². The maximum atomic E-state index is 12.8. The molecule has 1 N–H and O–H groups in total. The van der Waals surface area contributed by atoms with E-state index in [0.29, 0.717) is 12.2 Å². The van der Waals surface area contributed by atoms with E-state index < -0.39 is 0 Å². The number of nitrogens with one attached hydrogen (secondary N) is 1. The Morgan fingerprint density at radius 1 is 1.11 bits per heavy atom. The van der Waals surface area contributed by atoms with Gasteiger partial charge in [-0.25, -0.2) is 4.68 Å². The molecule has 0 aliphatic heterocycles. The lowest BCUT2D eigenvalue weighted by Crippen LogP contribution is -2.27. The molecule has 1 aliphatic rings. The van der Waals surface area contributed by atoms with Gasteiger partial charge in [0, 0.05) is 17.8 Å². The van der Waals surface area contributed by atoms with Crippen LogP contribution in [0.5, 0.6) is 5.75 Å². The maximum Gasteiger partial charge on any atom is 0.272 e. The molecule has 0 radical (unpaired) electrons. The molecule has 1 amide bonds. The molecular formula is C22H23N3O2. The van der Waals surface area contributed by atoms with Gasteiger partial charge in [-0.15, -0.1) is 0 Å². The Bertz CT molecular complexity index is 947. The number of aromatic nitrogens is 2. The summed E-state index contributed by atoms with van der Waals surface area (Å²) in [5.41, 5.74) is 4.90. The highest BCUT2D eigenvalue weighted by atomic mass is 16.5. The highest BCUT2D eigenvalue weighted by molar-refractivity contribution is 5.94. The lowest BCUT2D eigenvalue weighted by Gasteiger charge is -2.09. The number of fused-ring (bicyclic) bond motifs is 1. The number of ether oxygens (including phenoxy) is 1. The summed E-state index contributed by atoms with van der Waals surface area (Å²) < 4.78 is 7.30. The van der Waals surface area contributed by atoms with Crippen molar-refractivity contribution in [1.82, 2.24) is 15.1 Å². The summed E-state index contributed by atoms with van der Waals surface area (Å²) in [6.07, 6.45) is 3.67. The molecule has 4 rings (SSSR count). The van der Waals surface area contributed by atoms with E-state index in [9.17, 15) is 4.79 Å². The van der Waals surface area contributed by atoms with E-state index in [0.717, 1.165) is 53.9 Å². The van der Waals surface area contributed by atoms with Crippen LogP contribution in [0.4, 0.5) is 0 Å². The van der Waals surface area contributed by atoms with Gasteiger partial charge < -0.3 is 10.1 Å². The van der Waals surface area contributed by atoms with Crippen LogP contribution >= 0.6 is 0 Å². The predicted octanol–water partition coefficient (Wildman–Crippen LogP) is 3.34. The Morgan fingerprint density at radius 2 is 1.89 bits per heavy atom. The van der Waals surface area contributed by atoms with Crippen molar-refractivity contribution >= 4 is 5.91 Å². The van der Waals surface area contributed by atoms with Crippen molar-refractivity contribution in [3.05, 3.63) is 77.1 Å². The average Bonchev–Trinajstić information content (AvgIpc) is 3.31. The molecule has 0 spiro atoms. The summed E-state index contributed by atoms with van der Waals surface area (Å²) >= 11 is 0. The molecule has 2 aromatic carbocycles. The number of carbonyl (C=O) groups excluding carboxylic acids is 1. The van der Waals surface area contributed by atoms with E-state index in [1.807, 2.05) is 59.3 Å². The first-order chi connectivity index (χ1) is 13.3. The highest BCUT2D eigenvalue weighted by Crippen LogP contribution is 2.27. The van der Waals surface area contributed by atoms with E-state index in [-0.39, 0.29) is 5.91 Å². The maximum absolute atomic E-state index is 12.8. The molecule has 0 saturated heterocycles. The number of carbonyl (C=O) groups is 1. The molecule has 27 heavy (non-hydrogen) atoms. The average molecular weight is 361 g/mol. The minimum absolute atomic E-state index is 0.0993. The van der Waals surface area contributed by atoms with E-state index in [1.54, 1.807) is 7.11 Å². The Kier molecular flexibility index (Phi) is 4.92. The van der Waals surface area contributed by atoms with Gasteiger partial charge in [-0.3, -0.25) is 4.79 Å². The summed E-state index contributed by atoms with van der Waals surface area (Å²) in [5.74, 6) is 0.749. The van der Waals surface area contributed by atoms with Crippen molar-refractivity contribution in [2.45, 2.75) is 25.7 Å². The summed E-state index contributed by atoms with van der Waals surface area (Å²) in [7, 11) is 1.66. The fourth-order valence-electron chi connectivity index (χ4n) is 3.71. The fourth-order valence-corrected chi connectivity index (χ4v) is 3.71. The standard InChI is InChI=1S/C22H23N3O2/c1-27-20-13-6-5-8-16(20)14-15-23-22(26)21-18-11-7-12-19(18)25(24-21)17-9-3-2-4-10-17/h2-6,8-10,13H,7,11-12,14-15H2,1H3,(H,23,26). The minimum Gasteiger partial charge on any atom is -0.496 e. The number of amides is 1. The smallest absolute Gasteiger partial charge is 0.272 e. The zero-order chi connectivity index (χ0) is 18.6. The molecule has 5 nitrogen and oxygen atoms in total. The zero-order valence-electron chi connectivity index (χ0n) is 15.4. The fraction of sp³-hybridized carbons (Fsp3) is 0.273. The molecule has 0 atom stereocenters. The minimum atomic E-state index is -0.0993. The normalized spacial score (nSPS) is 12.6. The van der Waals surface area contributed by atoms with Crippen molar-refractivity contribution < 1.29 is 9.53 Å². The molecule has 3 aromatic rings. The van der Waals surface area contributed by atoms with Gasteiger partial charge >= 0.3 is 0 Å². The Hall–Kier alpha value is -3.08. The van der Waals surface area contributed by atoms with Crippen LogP contribution in [-0.2, 0) is 19.3 Å². The number of para-hydroxylation sites is 2. The van der Waals surface area contributed by atoms with Crippen LogP contribution in [0.25, 0.3) is 5.69 Å². The van der Waals surface area contributed by atoms with Crippen LogP contribution in [0.2, 0.25) is 0 Å². The van der Waals surface area contributed by atoms with Crippen LogP contribution < -0.4 is 10.1 Å². The second kappa shape index (κ2) is 7.66. The first kappa shape index (κ1) is 17.3. The van der Waals surface area contributed by atoms with Gasteiger partial charge in [-0.1, -0.05) is 36.4 Å². The largest absolute Gasteiger partial charge is 0.496 e. The van der Waals surface area contributed by atoms with Gasteiger partial charge in [0.25, 0.3) is 5.91 Å². The molecule has 5 heteroatoms. The number of methoxy groups -OCH3 is 1. The van der Waals surface area contributed by atoms with Gasteiger partial charge in [0.05, 0.1) is 12.8 Å². The first-order valence-electron chi connectivity index (χ1n) is 9.34. The van der Waals surface area contributed by atoms with E-state index in [1.165, 1.54) is 0 Å². The molecule has 0 fully saturated rings. The summed E-state index contributed by atoms with van der Waals surface area (Å²) in [5, 5.41) is 7.66. The Morgan fingerprint density at radius 3 is 2.70 bits per heavy atom. The third-order valence-corrected chi connectivity index (χ3v) is 5.02. The second-order valence-electron chi connectivity index (χ2n) is 6.69. The summed E-state index contributed by atoms with van der Waals surface area (Å²) in [6.45, 7) is 0.548. The van der Waals surface area contributed by atoms with Crippen LogP contribution in [0.15, 0.2) is 54.6 Å². The van der Waals surface area contributed by atoms with E-state index in [2.05, 4.69) is 10.4 Å². The van der Waals surface area contributed by atoms with Gasteiger partial charge in [0.2, 0.25) is 0 Å². The van der Waals surface area contributed by atoms with Gasteiger partial charge in [0.15, 0.2) is 5.69 Å². The molecular weight excluding hydrogens is 338 g/mol. The lowest BCUT2D eigenvalue weighted by molar-refractivity contribution is 0.0947. The Balaban J connectivity index is 1.50. The summed E-state index contributed by atoms with van der Waals surface area (Å²) in [4.78, 5) is 12.8. The van der Waals surface area contributed by atoms with Crippen molar-refractivity contribution in [2.24, 2.45) is 0 Å². The quantitative estimate of drug-likeness (QED) is 0.733. The van der Waals surface area contributed by atoms with Gasteiger partial charge in [-0.05, 0) is 49.4 Å². The number of benzene rings is 2. The van der Waals surface area contributed by atoms with Gasteiger partial charge in [-0.2, -0.15) is 5.10 Å². The van der Waals surface area contributed by atoms with Crippen molar-refractivity contribution in [3.63, 3.8) is 0 Å². The number of nitrogens with zero attached hydrogens (tertiary/aromatic N) is 2. The SMILES string of the molecule is COc1ccccc1CCNC(=O)c1nn(-c2ccccc2)c2c1CCC2. The molecule has 1 aliphatic carbocycles. The second-order valence-corrected chi connectivity index (χ2v) is 6.69. The number of rotatable bonds is 6. The predicted molar refractivity (Wildman–Crippen MR) is 105 cm³/mol. The first-order valence-corrected chi connectivity index (χ1v) is 9.34. The van der Waals surface area contributed by atoms with Crippen LogP contribution in [0, 0.1) is 0 Å². The third-order valence-electron chi connectivity index (χ3n) is 5.02. The monoisotopic (exact) mass is 361 g/mol. The van der Waals surface area contributed by atoms with Crippen molar-refractivity contribution in [2.75, 3.05) is 13.7 Å². The number of hydrogen-bond acceptors (Lipinski definition) is 3. The van der Waals surface area contributed by atoms with Gasteiger partial charge in [0.1, 0.15) is 5.75 Å². The van der Waals surface area contributed by atoms with Crippen LogP contribution in [0.1, 0.15) is 33.7 Å². The van der Waals surface area contributed by atoms with Crippen molar-refractivity contribution in [3.8, 4) is 11.4 Å². The highest BCUT2D eigenvalue weighted by Gasteiger charge is 2.26. The molecule has 138 valence electrons. The van der Waals surface area contributed by atoms with Crippen LogP contribution in [-0.4, -0.2) is 29.3 Å². The topological polar surface area (TPSA) is 56.1 Å². The lowest BCUT2D eigenvalue weighted by atomic mass is 10.1. The molecule has 0 bridgehead atoms. The molecule has 1 heterocycles. The summed E-state index contributed by atoms with van der Waals surface area (Å²) in [6, 6.07) is 17.9. The molecule has 1 aromatic heterocycles.